The Hall–Kier alpha value is -2.57. The largest absolute Gasteiger partial charge is 0.467 e. The Balaban J connectivity index is 1.53. The number of nitrogens with one attached hydrogen (secondary N) is 1. The Bertz CT molecular complexity index is 620. The van der Waals surface area contributed by atoms with Gasteiger partial charge in [-0.3, -0.25) is 4.79 Å². The van der Waals surface area contributed by atoms with Gasteiger partial charge in [0.2, 0.25) is 5.91 Å². The van der Waals surface area contributed by atoms with Gasteiger partial charge in [0.05, 0.1) is 7.11 Å². The summed E-state index contributed by atoms with van der Waals surface area (Å²) in [7, 11) is 1.35. The minimum Gasteiger partial charge on any atom is -0.467 e. The average Bonchev–Trinajstić information content (AvgIpc) is 3.19. The van der Waals surface area contributed by atoms with Gasteiger partial charge in [0.15, 0.2) is 0 Å². The first kappa shape index (κ1) is 20.7. The van der Waals surface area contributed by atoms with Crippen molar-refractivity contribution in [2.24, 2.45) is 0 Å². The molecule has 0 saturated carbocycles. The molecule has 1 aromatic carbocycles. The zero-order valence-corrected chi connectivity index (χ0v) is 15.8. The van der Waals surface area contributed by atoms with Crippen molar-refractivity contribution in [2.75, 3.05) is 20.2 Å². The lowest BCUT2D eigenvalue weighted by Gasteiger charge is -2.22. The summed E-state index contributed by atoms with van der Waals surface area (Å²) in [4.78, 5) is 37.2. The number of carbonyl (C=O) groups is 3. The summed E-state index contributed by atoms with van der Waals surface area (Å²) in [6, 6.07) is 9.07. The highest BCUT2D eigenvalue weighted by Crippen LogP contribution is 2.20. The van der Waals surface area contributed by atoms with E-state index in [2.05, 4.69) is 5.32 Å². The van der Waals surface area contributed by atoms with E-state index >= 15 is 0 Å². The molecule has 0 radical (unpaired) electrons. The van der Waals surface area contributed by atoms with Crippen LogP contribution in [0.1, 0.15) is 44.1 Å². The van der Waals surface area contributed by atoms with Crippen LogP contribution in [0, 0.1) is 0 Å². The van der Waals surface area contributed by atoms with E-state index in [1.165, 1.54) is 7.11 Å². The fraction of sp³-hybridized carbons (Fsp3) is 0.550. The van der Waals surface area contributed by atoms with Crippen molar-refractivity contribution >= 4 is 18.0 Å². The minimum absolute atomic E-state index is 0.00173. The predicted molar refractivity (Wildman–Crippen MR) is 99.8 cm³/mol. The van der Waals surface area contributed by atoms with Crippen LogP contribution in [0.15, 0.2) is 30.3 Å². The fourth-order valence-corrected chi connectivity index (χ4v) is 3.13. The van der Waals surface area contributed by atoms with E-state index in [0.29, 0.717) is 25.9 Å². The second-order valence-electron chi connectivity index (χ2n) is 6.57. The molecule has 2 rings (SSSR count). The van der Waals surface area contributed by atoms with Crippen LogP contribution in [-0.2, 0) is 25.7 Å². The topological polar surface area (TPSA) is 84.9 Å². The van der Waals surface area contributed by atoms with Gasteiger partial charge in [0.25, 0.3) is 0 Å². The maximum absolute atomic E-state index is 12.3. The molecule has 1 aliphatic heterocycles. The third-order valence-electron chi connectivity index (χ3n) is 4.60. The fourth-order valence-electron chi connectivity index (χ4n) is 3.13. The highest BCUT2D eigenvalue weighted by molar-refractivity contribution is 5.85. The number of benzene rings is 1. The molecule has 27 heavy (non-hydrogen) atoms. The highest BCUT2D eigenvalue weighted by atomic mass is 16.5. The van der Waals surface area contributed by atoms with Gasteiger partial charge in [-0.2, -0.15) is 0 Å². The van der Waals surface area contributed by atoms with Crippen molar-refractivity contribution in [1.29, 1.82) is 0 Å². The van der Waals surface area contributed by atoms with Crippen LogP contribution in [0.2, 0.25) is 0 Å². The van der Waals surface area contributed by atoms with Gasteiger partial charge in [0.1, 0.15) is 12.6 Å². The Morgan fingerprint density at radius 2 is 1.93 bits per heavy atom. The first-order valence-corrected chi connectivity index (χ1v) is 9.43. The van der Waals surface area contributed by atoms with Crippen LogP contribution in [0.4, 0.5) is 4.79 Å². The van der Waals surface area contributed by atoms with Crippen molar-refractivity contribution in [3.63, 3.8) is 0 Å². The Morgan fingerprint density at radius 3 is 2.67 bits per heavy atom. The van der Waals surface area contributed by atoms with E-state index in [1.807, 2.05) is 30.3 Å². The molecule has 0 spiro atoms. The minimum atomic E-state index is -0.437. The number of hydrogen-bond donors (Lipinski definition) is 1. The van der Waals surface area contributed by atoms with Crippen molar-refractivity contribution < 1.29 is 23.9 Å². The Labute approximate surface area is 160 Å². The molecule has 2 amide bonds. The van der Waals surface area contributed by atoms with Gasteiger partial charge >= 0.3 is 12.1 Å². The summed E-state index contributed by atoms with van der Waals surface area (Å²) in [5.74, 6) is -0.336. The molecule has 0 unspecified atom stereocenters. The van der Waals surface area contributed by atoms with Gasteiger partial charge in [-0.25, -0.2) is 9.59 Å². The van der Waals surface area contributed by atoms with Crippen LogP contribution in [-0.4, -0.2) is 49.1 Å². The lowest BCUT2D eigenvalue weighted by Crippen LogP contribution is -2.41. The molecule has 148 valence electrons. The summed E-state index contributed by atoms with van der Waals surface area (Å²) < 4.78 is 9.89. The standard InChI is InChI=1S/C20H28N2O5/c1-26-19(24)17-11-8-14-22(17)18(23)12-6-3-7-13-21-20(25)27-15-16-9-4-2-5-10-16/h2,4-5,9-10,17H,3,6-8,11-15H2,1H3,(H,21,25)/t17-/m0/s1. The number of likely N-dealkylation sites (tertiary alicyclic amines) is 1. The average molecular weight is 376 g/mol. The van der Waals surface area contributed by atoms with E-state index in [4.69, 9.17) is 9.47 Å². The molecule has 1 heterocycles. The molecule has 0 aromatic heterocycles. The molecule has 1 fully saturated rings. The Morgan fingerprint density at radius 1 is 1.15 bits per heavy atom. The maximum atomic E-state index is 12.3. The van der Waals surface area contributed by atoms with Crippen LogP contribution >= 0.6 is 0 Å². The number of alkyl carbamates (subject to hydrolysis) is 1. The van der Waals surface area contributed by atoms with Gasteiger partial charge in [-0.1, -0.05) is 36.8 Å². The van der Waals surface area contributed by atoms with Crippen LogP contribution in [0.5, 0.6) is 0 Å². The monoisotopic (exact) mass is 376 g/mol. The molecule has 7 nitrogen and oxygen atoms in total. The van der Waals surface area contributed by atoms with Crippen molar-refractivity contribution in [3.8, 4) is 0 Å². The molecule has 1 aromatic rings. The highest BCUT2D eigenvalue weighted by Gasteiger charge is 2.34. The molecule has 7 heteroatoms. The maximum Gasteiger partial charge on any atom is 0.407 e. The molecule has 1 aliphatic rings. The number of hydrogen-bond acceptors (Lipinski definition) is 5. The normalized spacial score (nSPS) is 16.0. The van der Waals surface area contributed by atoms with Crippen molar-refractivity contribution in [1.82, 2.24) is 10.2 Å². The summed E-state index contributed by atoms with van der Waals surface area (Å²) in [6.07, 6.45) is 3.80. The van der Waals surface area contributed by atoms with E-state index < -0.39 is 12.1 Å². The second kappa shape index (κ2) is 11.2. The second-order valence-corrected chi connectivity index (χ2v) is 6.57. The van der Waals surface area contributed by atoms with Crippen LogP contribution < -0.4 is 5.32 Å². The molecule has 0 aliphatic carbocycles. The lowest BCUT2D eigenvalue weighted by atomic mass is 10.1. The number of carbonyl (C=O) groups excluding carboxylic acids is 3. The van der Waals surface area contributed by atoms with Crippen molar-refractivity contribution in [2.45, 2.75) is 51.2 Å². The number of methoxy groups -OCH3 is 1. The van der Waals surface area contributed by atoms with Crippen LogP contribution in [0.3, 0.4) is 0 Å². The number of esters is 1. The zero-order valence-electron chi connectivity index (χ0n) is 15.8. The quantitative estimate of drug-likeness (QED) is 0.529. The predicted octanol–water partition coefficient (Wildman–Crippen LogP) is 2.64. The van der Waals surface area contributed by atoms with Gasteiger partial charge in [-0.05, 0) is 31.2 Å². The third kappa shape index (κ3) is 6.92. The molecule has 1 N–H and O–H groups in total. The summed E-state index contributed by atoms with van der Waals surface area (Å²) >= 11 is 0. The smallest absolute Gasteiger partial charge is 0.407 e. The Kier molecular flexibility index (Phi) is 8.61. The lowest BCUT2D eigenvalue weighted by molar-refractivity contribution is -0.151. The molecular formula is C20H28N2O5. The number of ether oxygens (including phenoxy) is 2. The number of rotatable bonds is 9. The molecule has 0 bridgehead atoms. The summed E-state index contributed by atoms with van der Waals surface area (Å²) in [5.41, 5.74) is 0.943. The molecule has 1 saturated heterocycles. The molecular weight excluding hydrogens is 348 g/mol. The third-order valence-corrected chi connectivity index (χ3v) is 4.60. The van der Waals surface area contributed by atoms with Gasteiger partial charge in [0, 0.05) is 19.5 Å². The van der Waals surface area contributed by atoms with Crippen LogP contribution in [0.25, 0.3) is 0 Å². The SMILES string of the molecule is COC(=O)[C@@H]1CCCN1C(=O)CCCCCNC(=O)OCc1ccccc1. The summed E-state index contributed by atoms with van der Waals surface area (Å²) in [6.45, 7) is 1.38. The number of unbranched alkanes of at least 4 members (excludes halogenated alkanes) is 2. The summed E-state index contributed by atoms with van der Waals surface area (Å²) in [5, 5.41) is 2.71. The first-order valence-electron chi connectivity index (χ1n) is 9.43. The number of amides is 2. The van der Waals surface area contributed by atoms with E-state index in [9.17, 15) is 14.4 Å². The van der Waals surface area contributed by atoms with Gasteiger partial charge in [-0.15, -0.1) is 0 Å². The van der Waals surface area contributed by atoms with Gasteiger partial charge < -0.3 is 19.7 Å². The van der Waals surface area contributed by atoms with E-state index in [-0.39, 0.29) is 18.5 Å². The van der Waals surface area contributed by atoms with Crippen molar-refractivity contribution in [3.05, 3.63) is 35.9 Å². The molecule has 1 atom stereocenters. The van der Waals surface area contributed by atoms with E-state index in [0.717, 1.165) is 31.2 Å². The first-order chi connectivity index (χ1) is 13.1. The zero-order chi connectivity index (χ0) is 19.5. The van der Waals surface area contributed by atoms with E-state index in [1.54, 1.807) is 4.90 Å². The number of nitrogens with zero attached hydrogens (tertiary/aromatic N) is 1.